The summed E-state index contributed by atoms with van der Waals surface area (Å²) in [4.78, 5) is 12.4. The molecule has 0 N–H and O–H groups in total. The fourth-order valence-electron chi connectivity index (χ4n) is 0.313. The van der Waals surface area contributed by atoms with Crippen LogP contribution in [0.5, 0.6) is 0 Å². The Morgan fingerprint density at radius 1 is 2.00 bits per heavy atom. The van der Waals surface area contributed by atoms with Crippen LogP contribution in [-0.2, 0) is 4.74 Å². The highest BCUT2D eigenvalue weighted by molar-refractivity contribution is 5.66. The summed E-state index contributed by atoms with van der Waals surface area (Å²) < 4.78 is 4.24. The van der Waals surface area contributed by atoms with Crippen LogP contribution in [0.2, 0.25) is 0 Å². The van der Waals surface area contributed by atoms with Crippen LogP contribution in [0.3, 0.4) is 0 Å². The predicted octanol–water partition coefficient (Wildman–Crippen LogP) is -0.314. The fraction of sp³-hybridized carbons (Fsp3) is 0.333. The van der Waals surface area contributed by atoms with Crippen molar-refractivity contribution >= 4 is 6.21 Å². The summed E-state index contributed by atoms with van der Waals surface area (Å²) in [5.41, 5.74) is 0. The second-order valence-electron chi connectivity index (χ2n) is 1.13. The van der Waals surface area contributed by atoms with Gasteiger partial charge in [-0.15, -0.1) is 0 Å². The maximum atomic E-state index is 9.73. The van der Waals surface area contributed by atoms with Gasteiger partial charge in [0.1, 0.15) is 0 Å². The molecular formula is C3H2N2O3. The van der Waals surface area contributed by atoms with Crippen molar-refractivity contribution in [3.05, 3.63) is 16.7 Å². The lowest BCUT2D eigenvalue weighted by atomic mass is 10.8. The Labute approximate surface area is 45.1 Å². The van der Waals surface area contributed by atoms with Gasteiger partial charge in [-0.2, -0.15) is 4.99 Å². The van der Waals surface area contributed by atoms with E-state index in [0.717, 1.165) is 6.21 Å². The van der Waals surface area contributed by atoms with Crippen LogP contribution in [0, 0.1) is 16.7 Å². The van der Waals surface area contributed by atoms with E-state index in [1.54, 1.807) is 0 Å². The predicted molar refractivity (Wildman–Crippen MR) is 23.6 cm³/mol. The molecule has 2 radical (unpaired) electrons. The van der Waals surface area contributed by atoms with Gasteiger partial charge in [0.2, 0.25) is 0 Å². The quantitative estimate of drug-likeness (QED) is 0.347. The SMILES string of the molecule is O=[N+]([O-])C1N=C[C]O1. The van der Waals surface area contributed by atoms with E-state index in [9.17, 15) is 10.1 Å². The molecule has 5 heteroatoms. The van der Waals surface area contributed by atoms with Gasteiger partial charge in [0.25, 0.3) is 0 Å². The van der Waals surface area contributed by atoms with Gasteiger partial charge in [0.05, 0.1) is 4.92 Å². The van der Waals surface area contributed by atoms with Crippen molar-refractivity contribution in [1.29, 1.82) is 0 Å². The molecule has 0 aromatic carbocycles. The Kier molecular flexibility index (Phi) is 1.21. The minimum absolute atomic E-state index is 0.642. The first-order chi connectivity index (χ1) is 3.80. The van der Waals surface area contributed by atoms with Crippen LogP contribution in [0.15, 0.2) is 4.99 Å². The number of hydrogen-bond donors (Lipinski definition) is 0. The molecule has 0 spiro atoms. The van der Waals surface area contributed by atoms with Gasteiger partial charge >= 0.3 is 6.35 Å². The van der Waals surface area contributed by atoms with Gasteiger partial charge in [-0.1, -0.05) is 0 Å². The van der Waals surface area contributed by atoms with Gasteiger partial charge in [-0.3, -0.25) is 14.9 Å². The molecule has 0 aromatic heterocycles. The molecule has 0 bridgehead atoms. The van der Waals surface area contributed by atoms with E-state index in [2.05, 4.69) is 16.3 Å². The van der Waals surface area contributed by atoms with Crippen molar-refractivity contribution in [2.75, 3.05) is 0 Å². The molecular weight excluding hydrogens is 112 g/mol. The Balaban J connectivity index is 2.48. The van der Waals surface area contributed by atoms with Crippen LogP contribution in [-0.4, -0.2) is 17.5 Å². The molecule has 1 heterocycles. The summed E-state index contributed by atoms with van der Waals surface area (Å²) in [6.45, 7) is 2.12. The molecule has 0 fully saturated rings. The topological polar surface area (TPSA) is 64.7 Å². The number of nitro groups is 1. The van der Waals surface area contributed by atoms with E-state index in [0.29, 0.717) is 0 Å². The largest absolute Gasteiger partial charge is 0.418 e. The van der Waals surface area contributed by atoms with Crippen molar-refractivity contribution in [2.24, 2.45) is 4.99 Å². The Bertz CT molecular complexity index is 132. The zero-order valence-electron chi connectivity index (χ0n) is 3.77. The van der Waals surface area contributed by atoms with E-state index in [1.807, 2.05) is 0 Å². The Hall–Kier alpha value is -0.970. The van der Waals surface area contributed by atoms with Crippen molar-refractivity contribution in [3.8, 4) is 0 Å². The normalized spacial score (nSPS) is 26.2. The van der Waals surface area contributed by atoms with Crippen molar-refractivity contribution in [2.45, 2.75) is 6.35 Å². The monoisotopic (exact) mass is 114 g/mol. The van der Waals surface area contributed by atoms with Gasteiger partial charge < -0.3 is 0 Å². The molecule has 0 aliphatic carbocycles. The van der Waals surface area contributed by atoms with Crippen LogP contribution in [0.1, 0.15) is 0 Å². The highest BCUT2D eigenvalue weighted by Crippen LogP contribution is 2.01. The summed E-state index contributed by atoms with van der Waals surface area (Å²) in [7, 11) is 0. The molecule has 1 aliphatic heterocycles. The average molecular weight is 114 g/mol. The van der Waals surface area contributed by atoms with E-state index < -0.39 is 11.3 Å². The minimum Gasteiger partial charge on any atom is -0.278 e. The number of aliphatic imine (C=N–C) groups is 1. The first-order valence-electron chi connectivity index (χ1n) is 1.87. The first-order valence-corrected chi connectivity index (χ1v) is 1.87. The summed E-state index contributed by atoms with van der Waals surface area (Å²) in [5, 5.41) is 9.73. The number of hydrogen-bond acceptors (Lipinski definition) is 4. The summed E-state index contributed by atoms with van der Waals surface area (Å²) >= 11 is 0. The highest BCUT2D eigenvalue weighted by atomic mass is 16.7. The second-order valence-corrected chi connectivity index (χ2v) is 1.13. The lowest BCUT2D eigenvalue weighted by Gasteiger charge is -1.92. The molecule has 8 heavy (non-hydrogen) atoms. The van der Waals surface area contributed by atoms with Crippen molar-refractivity contribution < 1.29 is 9.66 Å². The smallest absolute Gasteiger partial charge is 0.278 e. The van der Waals surface area contributed by atoms with Crippen LogP contribution in [0.25, 0.3) is 0 Å². The molecule has 0 aromatic rings. The third-order valence-electron chi connectivity index (χ3n) is 0.609. The van der Waals surface area contributed by atoms with Crippen LogP contribution < -0.4 is 0 Å². The molecule has 1 atom stereocenters. The molecule has 1 aliphatic rings. The minimum atomic E-state index is -1.25. The third-order valence-corrected chi connectivity index (χ3v) is 0.609. The highest BCUT2D eigenvalue weighted by Gasteiger charge is 2.21. The Morgan fingerprint density at radius 2 is 2.75 bits per heavy atom. The third kappa shape index (κ3) is 0.812. The lowest BCUT2D eigenvalue weighted by Crippen LogP contribution is -2.14. The van der Waals surface area contributed by atoms with Crippen LogP contribution in [0.4, 0.5) is 0 Å². The summed E-state index contributed by atoms with van der Waals surface area (Å²) in [6, 6.07) is 0. The standard InChI is InChI=1S/C3H2N2O3/c6-5(7)3-4-1-2-8-3/h1,3H. The van der Waals surface area contributed by atoms with E-state index in [1.165, 1.54) is 0 Å². The molecule has 0 amide bonds. The number of rotatable bonds is 1. The maximum absolute atomic E-state index is 9.73. The van der Waals surface area contributed by atoms with Crippen molar-refractivity contribution in [1.82, 2.24) is 0 Å². The molecule has 5 nitrogen and oxygen atoms in total. The zero-order valence-corrected chi connectivity index (χ0v) is 3.77. The second kappa shape index (κ2) is 1.87. The van der Waals surface area contributed by atoms with Crippen molar-refractivity contribution in [3.63, 3.8) is 0 Å². The molecule has 1 rings (SSSR count). The molecule has 1 unspecified atom stereocenters. The zero-order chi connectivity index (χ0) is 5.98. The molecule has 0 saturated heterocycles. The van der Waals surface area contributed by atoms with Gasteiger partial charge in [-0.25, -0.2) is 0 Å². The van der Waals surface area contributed by atoms with Gasteiger partial charge in [-0.05, 0) is 0 Å². The van der Waals surface area contributed by atoms with E-state index in [-0.39, 0.29) is 0 Å². The van der Waals surface area contributed by atoms with E-state index in [4.69, 9.17) is 0 Å². The number of nitrogens with zero attached hydrogens (tertiary/aromatic N) is 2. The fourth-order valence-corrected chi connectivity index (χ4v) is 0.313. The lowest BCUT2D eigenvalue weighted by molar-refractivity contribution is -0.566. The Morgan fingerprint density at radius 3 is 3.00 bits per heavy atom. The van der Waals surface area contributed by atoms with Gasteiger partial charge in [0.15, 0.2) is 6.61 Å². The van der Waals surface area contributed by atoms with Gasteiger partial charge in [0, 0.05) is 6.21 Å². The average Bonchev–Trinajstić information content (AvgIpc) is 2.12. The maximum Gasteiger partial charge on any atom is 0.418 e. The van der Waals surface area contributed by atoms with E-state index >= 15 is 0 Å². The first kappa shape index (κ1) is 5.17. The summed E-state index contributed by atoms with van der Waals surface area (Å²) in [6.07, 6.45) is -0.122. The number of ether oxygens (including phenoxy) is 1. The molecule has 42 valence electrons. The molecule has 0 saturated carbocycles. The van der Waals surface area contributed by atoms with Crippen LogP contribution >= 0.6 is 0 Å². The summed E-state index contributed by atoms with van der Waals surface area (Å²) in [5.74, 6) is 0.